The second-order valence-corrected chi connectivity index (χ2v) is 11.6. The predicted octanol–water partition coefficient (Wildman–Crippen LogP) is -0.185. The summed E-state index contributed by atoms with van der Waals surface area (Å²) in [5, 5.41) is 56.1. The molecule has 2 aliphatic carbocycles. The monoisotopic (exact) mass is 591 g/mol. The molecule has 2 fully saturated rings. The minimum atomic E-state index is -2.28. The average molecular weight is 592 g/mol. The number of ether oxygens (including phenoxy) is 4. The van der Waals surface area contributed by atoms with Crippen molar-refractivity contribution in [2.24, 2.45) is 11.8 Å². The van der Waals surface area contributed by atoms with E-state index in [2.05, 4.69) is 5.32 Å². The number of carbonyl (C=O) groups is 2. The Balaban J connectivity index is 1.55. The van der Waals surface area contributed by atoms with E-state index in [0.717, 1.165) is 16.5 Å². The third kappa shape index (κ3) is 4.28. The molecule has 3 heterocycles. The minimum absolute atomic E-state index is 0.0577. The van der Waals surface area contributed by atoms with Crippen LogP contribution in [0.5, 0.6) is 11.5 Å². The fraction of sp³-hybridized carbons (Fsp3) is 0.655. The first-order valence-electron chi connectivity index (χ1n) is 14.4. The number of benzene rings is 1. The van der Waals surface area contributed by atoms with Gasteiger partial charge in [-0.05, 0) is 37.7 Å². The third-order valence-electron chi connectivity index (χ3n) is 9.45. The highest BCUT2D eigenvalue weighted by Crippen LogP contribution is 2.57. The van der Waals surface area contributed by atoms with Gasteiger partial charge in [0.1, 0.15) is 18.3 Å². The normalized spacial score (nSPS) is 35.4. The van der Waals surface area contributed by atoms with Crippen LogP contribution in [0.2, 0.25) is 0 Å². The van der Waals surface area contributed by atoms with Gasteiger partial charge in [-0.3, -0.25) is 9.59 Å². The van der Waals surface area contributed by atoms with Crippen molar-refractivity contribution >= 4 is 22.8 Å². The van der Waals surface area contributed by atoms with Gasteiger partial charge in [0.15, 0.2) is 16.9 Å². The molecule has 1 aromatic carbocycles. The van der Waals surface area contributed by atoms with Crippen LogP contribution in [0.15, 0.2) is 10.7 Å². The molecule has 0 bridgehead atoms. The van der Waals surface area contributed by atoms with Gasteiger partial charge in [-0.2, -0.15) is 0 Å². The number of furan rings is 1. The summed E-state index contributed by atoms with van der Waals surface area (Å²) in [6.07, 6.45) is -4.13. The van der Waals surface area contributed by atoms with E-state index in [0.29, 0.717) is 30.5 Å². The quantitative estimate of drug-likeness (QED) is 0.222. The molecular weight excluding hydrogens is 554 g/mol. The number of amides is 1. The lowest BCUT2D eigenvalue weighted by molar-refractivity contribution is -0.323. The summed E-state index contributed by atoms with van der Waals surface area (Å²) in [7, 11) is 1.42. The van der Waals surface area contributed by atoms with Gasteiger partial charge in [0.25, 0.3) is 0 Å². The smallest absolute Gasteiger partial charge is 0.309 e. The van der Waals surface area contributed by atoms with Crippen molar-refractivity contribution in [3.05, 3.63) is 23.0 Å². The number of methoxy groups -OCH3 is 1. The van der Waals surface area contributed by atoms with Crippen LogP contribution in [-0.4, -0.2) is 101 Å². The lowest BCUT2D eigenvalue weighted by Gasteiger charge is -2.47. The van der Waals surface area contributed by atoms with E-state index < -0.39 is 55.8 Å². The van der Waals surface area contributed by atoms with E-state index in [1.807, 2.05) is 0 Å². The second-order valence-electron chi connectivity index (χ2n) is 11.6. The molecule has 2 aromatic rings. The highest BCUT2D eigenvalue weighted by molar-refractivity contribution is 5.97. The highest BCUT2D eigenvalue weighted by Gasteiger charge is 2.56. The summed E-state index contributed by atoms with van der Waals surface area (Å²) < 4.78 is 29.4. The second kappa shape index (κ2) is 11.0. The number of fused-ring (bicyclic) bond motifs is 2. The van der Waals surface area contributed by atoms with Crippen molar-refractivity contribution < 1.29 is 58.5 Å². The van der Waals surface area contributed by atoms with Crippen LogP contribution in [0.3, 0.4) is 0 Å². The molecule has 9 atom stereocenters. The summed E-state index contributed by atoms with van der Waals surface area (Å²) in [6, 6.07) is 0. The van der Waals surface area contributed by atoms with Gasteiger partial charge in [0, 0.05) is 47.9 Å². The number of hydrogen-bond donors (Lipinski definition) is 6. The van der Waals surface area contributed by atoms with E-state index >= 15 is 0 Å². The number of aliphatic hydroxyl groups excluding tert-OH is 4. The molecule has 1 aromatic heterocycles. The number of nitrogens with one attached hydrogen (secondary N) is 1. The Kier molecular flexibility index (Phi) is 7.61. The molecular formula is C29H37NO12. The van der Waals surface area contributed by atoms with E-state index in [-0.39, 0.29) is 54.2 Å². The Morgan fingerprint density at radius 3 is 2.67 bits per heavy atom. The van der Waals surface area contributed by atoms with Crippen LogP contribution in [-0.2, 0) is 25.5 Å². The van der Waals surface area contributed by atoms with E-state index in [9.17, 15) is 35.1 Å². The van der Waals surface area contributed by atoms with Crippen molar-refractivity contribution in [3.8, 4) is 11.5 Å². The summed E-state index contributed by atoms with van der Waals surface area (Å²) in [5.41, 5.74) is 0.386. The van der Waals surface area contributed by atoms with Crippen LogP contribution >= 0.6 is 0 Å². The molecule has 6 rings (SSSR count). The summed E-state index contributed by atoms with van der Waals surface area (Å²) >= 11 is 0. The Hall–Kier alpha value is -2.94. The SMILES string of the molecule is CCOC(=O)[C@@H]1Cc2c(O[C@H]3O[C@H](CO)[C@@H](O)[C@H](O)[C@]3(O)CCO)c(OC)c3occ4c3c2[C@H](C1)C[C@@H]1C(=O)NC[C@H]41. The van der Waals surface area contributed by atoms with E-state index in [1.54, 1.807) is 13.2 Å². The van der Waals surface area contributed by atoms with Crippen molar-refractivity contribution in [1.82, 2.24) is 5.32 Å². The maximum atomic E-state index is 13.1. The number of hydrogen-bond acceptors (Lipinski definition) is 12. The van der Waals surface area contributed by atoms with Crippen LogP contribution in [0.4, 0.5) is 0 Å². The number of aliphatic hydroxyl groups is 5. The fourth-order valence-corrected chi connectivity index (χ4v) is 7.41. The van der Waals surface area contributed by atoms with Gasteiger partial charge in [-0.25, -0.2) is 0 Å². The molecule has 4 aliphatic rings. The molecule has 0 radical (unpaired) electrons. The van der Waals surface area contributed by atoms with Gasteiger partial charge in [-0.1, -0.05) is 0 Å². The van der Waals surface area contributed by atoms with Crippen LogP contribution in [0, 0.1) is 11.8 Å². The first kappa shape index (κ1) is 29.1. The van der Waals surface area contributed by atoms with Gasteiger partial charge in [-0.15, -0.1) is 0 Å². The van der Waals surface area contributed by atoms with Crippen LogP contribution in [0.25, 0.3) is 11.0 Å². The third-order valence-corrected chi connectivity index (χ3v) is 9.45. The molecule has 6 N–H and O–H groups in total. The lowest BCUT2D eigenvalue weighted by Crippen LogP contribution is -2.68. The summed E-state index contributed by atoms with van der Waals surface area (Å²) in [4.78, 5) is 26.0. The van der Waals surface area contributed by atoms with Crippen molar-refractivity contribution in [2.75, 3.05) is 33.5 Å². The highest BCUT2D eigenvalue weighted by atomic mass is 16.7. The molecule has 42 heavy (non-hydrogen) atoms. The number of rotatable bonds is 8. The Labute approximate surface area is 241 Å². The number of carbonyl (C=O) groups excluding carboxylic acids is 2. The van der Waals surface area contributed by atoms with Crippen LogP contribution in [0.1, 0.15) is 54.7 Å². The van der Waals surface area contributed by atoms with Gasteiger partial charge >= 0.3 is 5.97 Å². The molecule has 2 saturated heterocycles. The predicted molar refractivity (Wildman–Crippen MR) is 143 cm³/mol. The van der Waals surface area contributed by atoms with Crippen LogP contribution < -0.4 is 14.8 Å². The van der Waals surface area contributed by atoms with Crippen molar-refractivity contribution in [1.29, 1.82) is 0 Å². The molecule has 0 spiro atoms. The molecule has 0 unspecified atom stereocenters. The van der Waals surface area contributed by atoms with Gasteiger partial charge in [0.05, 0.1) is 32.5 Å². The molecule has 230 valence electrons. The summed E-state index contributed by atoms with van der Waals surface area (Å²) in [5.74, 6) is -1.46. The first-order chi connectivity index (χ1) is 20.2. The topological polar surface area (TPSA) is 197 Å². The molecule has 2 aliphatic heterocycles. The largest absolute Gasteiger partial charge is 0.490 e. The van der Waals surface area contributed by atoms with E-state index in [4.69, 9.17) is 23.4 Å². The molecule has 13 heteroatoms. The Morgan fingerprint density at radius 1 is 1.19 bits per heavy atom. The lowest BCUT2D eigenvalue weighted by atomic mass is 9.72. The maximum Gasteiger partial charge on any atom is 0.309 e. The zero-order chi connectivity index (χ0) is 29.9. The maximum absolute atomic E-state index is 13.1. The molecule has 1 amide bonds. The molecule has 13 nitrogen and oxygen atoms in total. The zero-order valence-corrected chi connectivity index (χ0v) is 23.4. The number of esters is 1. The van der Waals surface area contributed by atoms with Gasteiger partial charge in [0.2, 0.25) is 17.9 Å². The Morgan fingerprint density at radius 2 is 1.98 bits per heavy atom. The fourth-order valence-electron chi connectivity index (χ4n) is 7.41. The van der Waals surface area contributed by atoms with Crippen molar-refractivity contribution in [2.45, 2.75) is 74.6 Å². The first-order valence-corrected chi connectivity index (χ1v) is 14.4. The summed E-state index contributed by atoms with van der Waals surface area (Å²) in [6.45, 7) is 1.13. The Bertz CT molecular complexity index is 1370. The molecule has 0 saturated carbocycles. The van der Waals surface area contributed by atoms with E-state index in [1.165, 1.54) is 7.11 Å². The van der Waals surface area contributed by atoms with Crippen molar-refractivity contribution in [3.63, 3.8) is 0 Å². The van der Waals surface area contributed by atoms with Gasteiger partial charge < -0.3 is 54.2 Å². The standard InChI is InChI=1S/C29H37NO12/c1-3-39-27(36)13-6-12-7-14-16(9-30-26(14)35)17-11-40-23-20(17)19(12)15(8-13)22(24(23)38-2)42-28-29(37,4-5-31)25(34)21(33)18(10-32)41-28/h11-14,16,18,21,25,28,31-34,37H,3-10H2,1-2H3,(H,30,35)/t12-,13+,14+,16+,18-,21-,25+,28-,29-/m1/s1. The zero-order valence-electron chi connectivity index (χ0n) is 23.4. The average Bonchev–Trinajstić information content (AvgIpc) is 3.53. The minimum Gasteiger partial charge on any atom is -0.490 e.